The highest BCUT2D eigenvalue weighted by molar-refractivity contribution is 5.77. The molecule has 2 rings (SSSR count). The number of rotatable bonds is 4. The van der Waals surface area contributed by atoms with E-state index in [4.69, 9.17) is 5.73 Å². The molecule has 0 aromatic heterocycles. The van der Waals surface area contributed by atoms with E-state index in [2.05, 4.69) is 5.32 Å². The minimum Gasteiger partial charge on any atom is -0.349 e. The van der Waals surface area contributed by atoms with E-state index in [0.29, 0.717) is 12.5 Å². The van der Waals surface area contributed by atoms with Gasteiger partial charge in [-0.15, -0.1) is 0 Å². The third-order valence-corrected chi connectivity index (χ3v) is 5.05. The Morgan fingerprint density at radius 3 is 2.16 bits per heavy atom. The number of carbonyl (C=O) groups excluding carboxylic acids is 1. The van der Waals surface area contributed by atoms with Crippen LogP contribution < -0.4 is 11.1 Å². The van der Waals surface area contributed by atoms with Gasteiger partial charge < -0.3 is 11.1 Å². The number of carbonyl (C=O) groups is 1. The number of nitrogens with two attached hydrogens (primary N) is 1. The first kappa shape index (κ1) is 14.8. The summed E-state index contributed by atoms with van der Waals surface area (Å²) in [5, 5.41) is 3.29. The van der Waals surface area contributed by atoms with E-state index in [1.807, 2.05) is 0 Å². The molecular weight excluding hydrogens is 236 g/mol. The zero-order chi connectivity index (χ0) is 13.6. The van der Waals surface area contributed by atoms with Gasteiger partial charge >= 0.3 is 0 Å². The van der Waals surface area contributed by atoms with E-state index < -0.39 is 0 Å². The molecule has 2 aliphatic carbocycles. The molecule has 0 aliphatic heterocycles. The largest absolute Gasteiger partial charge is 0.349 e. The van der Waals surface area contributed by atoms with Gasteiger partial charge in [-0.1, -0.05) is 44.9 Å². The summed E-state index contributed by atoms with van der Waals surface area (Å²) in [4.78, 5) is 12.3. The van der Waals surface area contributed by atoms with Crippen molar-refractivity contribution in [1.82, 2.24) is 5.32 Å². The highest BCUT2D eigenvalue weighted by atomic mass is 16.1. The molecule has 0 bridgehead atoms. The van der Waals surface area contributed by atoms with Crippen molar-refractivity contribution in [2.24, 2.45) is 11.7 Å². The van der Waals surface area contributed by atoms with E-state index in [1.165, 1.54) is 57.8 Å². The van der Waals surface area contributed by atoms with Crippen molar-refractivity contribution in [2.75, 3.05) is 6.54 Å². The van der Waals surface area contributed by atoms with E-state index >= 15 is 0 Å². The second kappa shape index (κ2) is 7.28. The van der Waals surface area contributed by atoms with Gasteiger partial charge in [0, 0.05) is 13.0 Å². The molecule has 0 heterocycles. The molecule has 0 aromatic rings. The van der Waals surface area contributed by atoms with Gasteiger partial charge in [-0.3, -0.25) is 4.79 Å². The molecule has 0 atom stereocenters. The van der Waals surface area contributed by atoms with Crippen molar-refractivity contribution in [1.29, 1.82) is 0 Å². The summed E-state index contributed by atoms with van der Waals surface area (Å²) < 4.78 is 0. The maximum atomic E-state index is 12.3. The predicted molar refractivity (Wildman–Crippen MR) is 78.8 cm³/mol. The van der Waals surface area contributed by atoms with Gasteiger partial charge in [0.15, 0.2) is 0 Å². The van der Waals surface area contributed by atoms with Crippen molar-refractivity contribution >= 4 is 5.91 Å². The van der Waals surface area contributed by atoms with Crippen LogP contribution in [-0.2, 0) is 4.79 Å². The summed E-state index contributed by atoms with van der Waals surface area (Å²) in [6, 6.07) is 0. The predicted octanol–water partition coefficient (Wildman–Crippen LogP) is 3.12. The summed E-state index contributed by atoms with van der Waals surface area (Å²) in [6.45, 7) is 0.601. The van der Waals surface area contributed by atoms with Crippen LogP contribution in [0.4, 0.5) is 0 Å². The monoisotopic (exact) mass is 266 g/mol. The molecule has 0 unspecified atom stereocenters. The smallest absolute Gasteiger partial charge is 0.220 e. The first-order valence-electron chi connectivity index (χ1n) is 8.25. The van der Waals surface area contributed by atoms with Gasteiger partial charge in [0.2, 0.25) is 5.91 Å². The maximum Gasteiger partial charge on any atom is 0.220 e. The van der Waals surface area contributed by atoms with Gasteiger partial charge in [0.05, 0.1) is 5.54 Å². The average molecular weight is 266 g/mol. The summed E-state index contributed by atoms with van der Waals surface area (Å²) in [7, 11) is 0. The third-order valence-electron chi connectivity index (χ3n) is 5.05. The lowest BCUT2D eigenvalue weighted by molar-refractivity contribution is -0.124. The van der Waals surface area contributed by atoms with Crippen LogP contribution >= 0.6 is 0 Å². The minimum atomic E-state index is -0.0833. The molecule has 0 aromatic carbocycles. The second-order valence-corrected chi connectivity index (χ2v) is 6.66. The van der Waals surface area contributed by atoms with Crippen molar-refractivity contribution in [2.45, 2.75) is 82.6 Å². The minimum absolute atomic E-state index is 0.0833. The second-order valence-electron chi connectivity index (χ2n) is 6.66. The van der Waals surface area contributed by atoms with Crippen LogP contribution in [0.15, 0.2) is 0 Å². The highest BCUT2D eigenvalue weighted by Gasteiger charge is 2.32. The molecule has 1 amide bonds. The van der Waals surface area contributed by atoms with Crippen LogP contribution in [0.5, 0.6) is 0 Å². The normalized spacial score (nSPS) is 24.7. The number of nitrogens with one attached hydrogen (secondary N) is 1. The molecule has 2 aliphatic rings. The quantitative estimate of drug-likeness (QED) is 0.768. The van der Waals surface area contributed by atoms with Crippen LogP contribution in [-0.4, -0.2) is 18.0 Å². The molecule has 0 spiro atoms. The van der Waals surface area contributed by atoms with Gasteiger partial charge in [-0.25, -0.2) is 0 Å². The van der Waals surface area contributed by atoms with Crippen LogP contribution in [0.25, 0.3) is 0 Å². The van der Waals surface area contributed by atoms with E-state index in [0.717, 1.165) is 19.3 Å². The lowest BCUT2D eigenvalue weighted by atomic mass is 9.81. The van der Waals surface area contributed by atoms with E-state index in [-0.39, 0.29) is 11.4 Å². The number of amides is 1. The van der Waals surface area contributed by atoms with Crippen LogP contribution in [0, 0.1) is 5.92 Å². The van der Waals surface area contributed by atoms with Crippen LogP contribution in [0.2, 0.25) is 0 Å². The Morgan fingerprint density at radius 1 is 1.00 bits per heavy atom. The lowest BCUT2D eigenvalue weighted by Gasteiger charge is -2.37. The third kappa shape index (κ3) is 4.48. The lowest BCUT2D eigenvalue weighted by Crippen LogP contribution is -2.55. The fraction of sp³-hybridized carbons (Fsp3) is 0.938. The standard InChI is InChI=1S/C16H30N2O/c17-13-16(10-6-3-7-11-16)18-15(19)12-14-8-4-1-2-5-9-14/h14H,1-13,17H2,(H,18,19). The Morgan fingerprint density at radius 2 is 1.58 bits per heavy atom. The summed E-state index contributed by atoms with van der Waals surface area (Å²) >= 11 is 0. The Labute approximate surface area is 117 Å². The molecule has 2 fully saturated rings. The van der Waals surface area contributed by atoms with Crippen LogP contribution in [0.3, 0.4) is 0 Å². The van der Waals surface area contributed by atoms with Crippen molar-refractivity contribution in [3.63, 3.8) is 0 Å². The number of hydrogen-bond donors (Lipinski definition) is 2. The molecule has 0 radical (unpaired) electrons. The Balaban J connectivity index is 1.81. The summed E-state index contributed by atoms with van der Waals surface area (Å²) in [5.74, 6) is 0.861. The SMILES string of the molecule is NCC1(NC(=O)CC2CCCCCC2)CCCCC1. The maximum absolute atomic E-state index is 12.3. The highest BCUT2D eigenvalue weighted by Crippen LogP contribution is 2.29. The average Bonchev–Trinajstić information content (AvgIpc) is 2.68. The Kier molecular flexibility index (Phi) is 5.68. The zero-order valence-corrected chi connectivity index (χ0v) is 12.3. The fourth-order valence-electron chi connectivity index (χ4n) is 3.79. The molecule has 3 heteroatoms. The molecule has 2 saturated carbocycles. The van der Waals surface area contributed by atoms with Crippen LogP contribution in [0.1, 0.15) is 77.0 Å². The molecule has 110 valence electrons. The molecule has 3 N–H and O–H groups in total. The van der Waals surface area contributed by atoms with Gasteiger partial charge in [0.25, 0.3) is 0 Å². The summed E-state index contributed by atoms with van der Waals surface area (Å²) in [6.07, 6.45) is 14.4. The van der Waals surface area contributed by atoms with Crippen molar-refractivity contribution in [3.05, 3.63) is 0 Å². The first-order chi connectivity index (χ1) is 9.24. The Hall–Kier alpha value is -0.570. The topological polar surface area (TPSA) is 55.1 Å². The fourth-order valence-corrected chi connectivity index (χ4v) is 3.79. The Bertz CT molecular complexity index is 276. The van der Waals surface area contributed by atoms with Gasteiger partial charge in [-0.2, -0.15) is 0 Å². The van der Waals surface area contributed by atoms with E-state index in [9.17, 15) is 4.79 Å². The molecular formula is C16H30N2O. The molecule has 19 heavy (non-hydrogen) atoms. The number of hydrogen-bond acceptors (Lipinski definition) is 2. The van der Waals surface area contributed by atoms with Crippen molar-refractivity contribution < 1.29 is 4.79 Å². The van der Waals surface area contributed by atoms with Gasteiger partial charge in [-0.05, 0) is 31.6 Å². The summed E-state index contributed by atoms with van der Waals surface area (Å²) in [5.41, 5.74) is 5.85. The molecule has 0 saturated heterocycles. The van der Waals surface area contributed by atoms with Gasteiger partial charge in [0.1, 0.15) is 0 Å². The van der Waals surface area contributed by atoms with Crippen molar-refractivity contribution in [3.8, 4) is 0 Å². The molecule has 3 nitrogen and oxygen atoms in total. The first-order valence-corrected chi connectivity index (χ1v) is 8.25. The zero-order valence-electron chi connectivity index (χ0n) is 12.3. The van der Waals surface area contributed by atoms with E-state index in [1.54, 1.807) is 0 Å².